The molecule has 1 aromatic carbocycles. The van der Waals surface area contributed by atoms with Gasteiger partial charge in [0.15, 0.2) is 0 Å². The van der Waals surface area contributed by atoms with Crippen LogP contribution in [0.4, 0.5) is 13.2 Å². The number of hydrogen-bond acceptors (Lipinski definition) is 4. The maximum Gasteiger partial charge on any atom is 0.491 e. The van der Waals surface area contributed by atoms with E-state index in [9.17, 15) is 27.9 Å². The Labute approximate surface area is 133 Å². The standard InChI is InChI=1S/C15H13F3N2O4/c1-20-5-4-8-9-6-7(24-14(23)15(16,17)18)2-3-10(9)19-11(8)12(20)13(21)22/h2-3,6,12,19H,4-5H2,1H3,(H,21,22). The van der Waals surface area contributed by atoms with Crippen molar-refractivity contribution >= 4 is 22.8 Å². The molecule has 0 bridgehead atoms. The number of benzene rings is 1. The maximum absolute atomic E-state index is 12.3. The second-order valence-corrected chi connectivity index (χ2v) is 5.58. The Balaban J connectivity index is 2.03. The molecule has 2 N–H and O–H groups in total. The van der Waals surface area contributed by atoms with E-state index in [4.69, 9.17) is 0 Å². The second kappa shape index (κ2) is 5.52. The van der Waals surface area contributed by atoms with E-state index in [1.54, 1.807) is 11.9 Å². The van der Waals surface area contributed by atoms with E-state index in [1.165, 1.54) is 18.2 Å². The fourth-order valence-corrected chi connectivity index (χ4v) is 2.93. The third kappa shape index (κ3) is 2.71. The summed E-state index contributed by atoms with van der Waals surface area (Å²) in [5.41, 5.74) is 1.78. The number of rotatable bonds is 2. The normalized spacial score (nSPS) is 18.4. The quantitative estimate of drug-likeness (QED) is 0.646. The Kier molecular flexibility index (Phi) is 3.75. The highest BCUT2D eigenvalue weighted by atomic mass is 19.4. The molecule has 1 aromatic heterocycles. The molecule has 0 saturated heterocycles. The van der Waals surface area contributed by atoms with E-state index in [2.05, 4.69) is 9.72 Å². The Morgan fingerprint density at radius 1 is 1.38 bits per heavy atom. The molecule has 3 rings (SSSR count). The van der Waals surface area contributed by atoms with Crippen LogP contribution in [-0.2, 0) is 16.0 Å². The lowest BCUT2D eigenvalue weighted by atomic mass is 9.98. The summed E-state index contributed by atoms with van der Waals surface area (Å²) in [5.74, 6) is -3.56. The average molecular weight is 342 g/mol. The van der Waals surface area contributed by atoms with Gasteiger partial charge in [0.05, 0.1) is 0 Å². The van der Waals surface area contributed by atoms with Gasteiger partial charge in [0, 0.05) is 23.1 Å². The number of aromatic nitrogens is 1. The molecule has 0 amide bonds. The van der Waals surface area contributed by atoms with Crippen molar-refractivity contribution in [3.63, 3.8) is 0 Å². The average Bonchev–Trinajstić information content (AvgIpc) is 2.83. The molecule has 2 heterocycles. The molecule has 128 valence electrons. The third-order valence-electron chi connectivity index (χ3n) is 4.02. The molecule has 0 spiro atoms. The zero-order valence-corrected chi connectivity index (χ0v) is 12.5. The summed E-state index contributed by atoms with van der Waals surface area (Å²) in [4.78, 5) is 27.1. The Morgan fingerprint density at radius 2 is 2.08 bits per heavy atom. The number of aliphatic carboxylic acids is 1. The molecule has 9 heteroatoms. The summed E-state index contributed by atoms with van der Waals surface area (Å²) in [5, 5.41) is 9.94. The molecule has 24 heavy (non-hydrogen) atoms. The highest BCUT2D eigenvalue weighted by Crippen LogP contribution is 2.35. The number of halogens is 3. The van der Waals surface area contributed by atoms with E-state index < -0.39 is 24.2 Å². The topological polar surface area (TPSA) is 82.6 Å². The van der Waals surface area contributed by atoms with E-state index in [1.807, 2.05) is 0 Å². The highest BCUT2D eigenvalue weighted by molar-refractivity contribution is 5.90. The van der Waals surface area contributed by atoms with Gasteiger partial charge >= 0.3 is 18.1 Å². The summed E-state index contributed by atoms with van der Waals surface area (Å²) in [6, 6.07) is 3.15. The van der Waals surface area contributed by atoms with Crippen LogP contribution >= 0.6 is 0 Å². The van der Waals surface area contributed by atoms with Crippen molar-refractivity contribution < 1.29 is 32.6 Å². The Bertz CT molecular complexity index is 828. The van der Waals surface area contributed by atoms with E-state index in [0.29, 0.717) is 35.1 Å². The zero-order chi connectivity index (χ0) is 17.6. The first kappa shape index (κ1) is 16.3. The summed E-state index contributed by atoms with van der Waals surface area (Å²) < 4.78 is 41.2. The van der Waals surface area contributed by atoms with Crippen molar-refractivity contribution in [2.45, 2.75) is 18.6 Å². The number of fused-ring (bicyclic) bond motifs is 3. The van der Waals surface area contributed by atoms with Gasteiger partial charge in [-0.3, -0.25) is 9.69 Å². The van der Waals surface area contributed by atoms with Crippen molar-refractivity contribution in [3.05, 3.63) is 29.5 Å². The highest BCUT2D eigenvalue weighted by Gasteiger charge is 2.41. The molecule has 0 aliphatic carbocycles. The Morgan fingerprint density at radius 3 is 2.71 bits per heavy atom. The number of hydrogen-bond donors (Lipinski definition) is 2. The number of nitrogens with zero attached hydrogens (tertiary/aromatic N) is 1. The molecular weight excluding hydrogens is 329 g/mol. The molecule has 1 aliphatic heterocycles. The van der Waals surface area contributed by atoms with Gasteiger partial charge in [0.2, 0.25) is 0 Å². The monoisotopic (exact) mass is 342 g/mol. The molecule has 2 aromatic rings. The van der Waals surface area contributed by atoms with Gasteiger partial charge in [-0.1, -0.05) is 0 Å². The number of nitrogens with one attached hydrogen (secondary N) is 1. The number of ether oxygens (including phenoxy) is 1. The molecule has 0 saturated carbocycles. The minimum Gasteiger partial charge on any atom is -0.480 e. The Hall–Kier alpha value is -2.55. The summed E-state index contributed by atoms with van der Waals surface area (Å²) in [7, 11) is 1.68. The van der Waals surface area contributed by atoms with Gasteiger partial charge in [-0.2, -0.15) is 13.2 Å². The molecule has 6 nitrogen and oxygen atoms in total. The van der Waals surface area contributed by atoms with Crippen molar-refractivity contribution in [1.29, 1.82) is 0 Å². The van der Waals surface area contributed by atoms with Crippen LogP contribution in [0, 0.1) is 0 Å². The van der Waals surface area contributed by atoms with Crippen LogP contribution in [0.25, 0.3) is 10.9 Å². The molecule has 1 aliphatic rings. The lowest BCUT2D eigenvalue weighted by Crippen LogP contribution is -2.36. The van der Waals surface area contributed by atoms with Crippen LogP contribution in [0.5, 0.6) is 5.75 Å². The van der Waals surface area contributed by atoms with E-state index in [-0.39, 0.29) is 5.75 Å². The fourth-order valence-electron chi connectivity index (χ4n) is 2.93. The minimum absolute atomic E-state index is 0.238. The lowest BCUT2D eigenvalue weighted by Gasteiger charge is -2.29. The van der Waals surface area contributed by atoms with Gasteiger partial charge < -0.3 is 14.8 Å². The van der Waals surface area contributed by atoms with Gasteiger partial charge in [-0.25, -0.2) is 4.79 Å². The number of carbonyl (C=O) groups is 2. The minimum atomic E-state index is -5.08. The van der Waals surface area contributed by atoms with Gasteiger partial charge in [-0.15, -0.1) is 0 Å². The summed E-state index contributed by atoms with van der Waals surface area (Å²) >= 11 is 0. The van der Waals surface area contributed by atoms with Crippen LogP contribution in [0.15, 0.2) is 18.2 Å². The number of likely N-dealkylation sites (N-methyl/N-ethyl adjacent to an activating group) is 1. The van der Waals surface area contributed by atoms with Gasteiger partial charge in [-0.05, 0) is 37.2 Å². The summed E-state index contributed by atoms with van der Waals surface area (Å²) in [6.07, 6.45) is -4.55. The van der Waals surface area contributed by atoms with Crippen LogP contribution in [0.1, 0.15) is 17.3 Å². The van der Waals surface area contributed by atoms with Crippen LogP contribution < -0.4 is 4.74 Å². The lowest BCUT2D eigenvalue weighted by molar-refractivity contribution is -0.189. The van der Waals surface area contributed by atoms with Crippen molar-refractivity contribution in [2.24, 2.45) is 0 Å². The van der Waals surface area contributed by atoms with Crippen LogP contribution in [0.2, 0.25) is 0 Å². The van der Waals surface area contributed by atoms with Crippen molar-refractivity contribution in [2.75, 3.05) is 13.6 Å². The first-order chi connectivity index (χ1) is 11.2. The molecule has 0 fully saturated rings. The summed E-state index contributed by atoms with van der Waals surface area (Å²) in [6.45, 7) is 0.490. The van der Waals surface area contributed by atoms with E-state index in [0.717, 1.165) is 0 Å². The number of aromatic amines is 1. The smallest absolute Gasteiger partial charge is 0.480 e. The fraction of sp³-hybridized carbons (Fsp3) is 0.333. The molecule has 1 unspecified atom stereocenters. The van der Waals surface area contributed by atoms with Gasteiger partial charge in [0.1, 0.15) is 11.8 Å². The predicted molar refractivity (Wildman–Crippen MR) is 76.7 cm³/mol. The SMILES string of the molecule is CN1CCc2c([nH]c3ccc(OC(=O)C(F)(F)F)cc23)C1C(=O)O. The number of carboxylic acids is 1. The molecular formula is C15H13F3N2O4. The van der Waals surface area contributed by atoms with Crippen LogP contribution in [-0.4, -0.2) is 46.7 Å². The van der Waals surface area contributed by atoms with Gasteiger partial charge in [0.25, 0.3) is 0 Å². The predicted octanol–water partition coefficient (Wildman–Crippen LogP) is 2.25. The van der Waals surface area contributed by atoms with Crippen molar-refractivity contribution in [3.8, 4) is 5.75 Å². The van der Waals surface area contributed by atoms with Crippen LogP contribution in [0.3, 0.4) is 0 Å². The number of carbonyl (C=O) groups excluding carboxylic acids is 1. The molecule has 0 radical (unpaired) electrons. The number of alkyl halides is 3. The first-order valence-corrected chi connectivity index (χ1v) is 7.05. The number of carboxylic acid groups (broad SMARTS) is 1. The van der Waals surface area contributed by atoms with E-state index >= 15 is 0 Å². The third-order valence-corrected chi connectivity index (χ3v) is 4.02. The maximum atomic E-state index is 12.3. The number of esters is 1. The molecule has 1 atom stereocenters. The number of H-pyrrole nitrogens is 1. The largest absolute Gasteiger partial charge is 0.491 e. The van der Waals surface area contributed by atoms with Crippen molar-refractivity contribution in [1.82, 2.24) is 9.88 Å². The second-order valence-electron chi connectivity index (χ2n) is 5.58. The zero-order valence-electron chi connectivity index (χ0n) is 12.5. The first-order valence-electron chi connectivity index (χ1n) is 7.05.